The number of hydrogen-bond acceptors (Lipinski definition) is 7. The van der Waals surface area contributed by atoms with Gasteiger partial charge in [0, 0.05) is 26.3 Å². The molecule has 0 aliphatic heterocycles. The predicted molar refractivity (Wildman–Crippen MR) is 92.6 cm³/mol. The van der Waals surface area contributed by atoms with E-state index in [4.69, 9.17) is 28.2 Å². The van der Waals surface area contributed by atoms with Crippen LogP contribution in [0.3, 0.4) is 0 Å². The zero-order chi connectivity index (χ0) is 23.7. The Hall–Kier alpha value is -1.75. The molecule has 0 N–H and O–H groups in total. The number of ether oxygens (including phenoxy) is 3. The van der Waals surface area contributed by atoms with Gasteiger partial charge in [-0.05, 0) is 13.1 Å². The summed E-state index contributed by atoms with van der Waals surface area (Å²) >= 11 is 0. The minimum Gasteiger partial charge on any atom is 0 e. The Kier molecular flexibility index (Phi) is 24.4. The van der Waals surface area contributed by atoms with Gasteiger partial charge < -0.3 is 14.2 Å². The molecule has 1 aliphatic carbocycles. The van der Waals surface area contributed by atoms with Crippen molar-refractivity contribution in [2.75, 3.05) is 34.4 Å². The number of hydrogen-bond donors (Lipinski definition) is 0. The zero-order valence-electron chi connectivity index (χ0n) is 17.4. The molecule has 1 saturated carbocycles. The number of rotatable bonds is 6. The fourth-order valence-electron chi connectivity index (χ4n) is 2.60. The van der Waals surface area contributed by atoms with Crippen LogP contribution in [0.5, 0.6) is 0 Å². The molecule has 10 nitrogen and oxygen atoms in total. The smallest absolute Gasteiger partial charge is 0 e. The molecule has 30 heavy (non-hydrogen) atoms. The van der Waals surface area contributed by atoms with Crippen LogP contribution in [0.1, 0.15) is 20.8 Å². The maximum absolute atomic E-state index is 12.3. The third kappa shape index (κ3) is 8.55. The van der Waals surface area contributed by atoms with E-state index in [2.05, 4.69) is 20.0 Å². The van der Waals surface area contributed by atoms with Crippen molar-refractivity contribution >= 4 is 17.9 Å². The summed E-state index contributed by atoms with van der Waals surface area (Å²) in [5, 5.41) is 0. The second kappa shape index (κ2) is 20.5. The van der Waals surface area contributed by atoms with E-state index >= 15 is 0 Å². The van der Waals surface area contributed by atoms with Crippen LogP contribution in [0.4, 0.5) is 0 Å². The summed E-state index contributed by atoms with van der Waals surface area (Å²) in [5.41, 5.74) is 0. The van der Waals surface area contributed by atoms with Gasteiger partial charge >= 0.3 is 51.8 Å². The number of carbonyl (C=O) groups excluding carboxylic acids is 3. The third-order valence-corrected chi connectivity index (χ3v) is 3.72. The Labute approximate surface area is 190 Å². The summed E-state index contributed by atoms with van der Waals surface area (Å²) in [6.45, 7) is 19.9. The first-order chi connectivity index (χ1) is 13.9. The summed E-state index contributed by atoms with van der Waals surface area (Å²) in [4.78, 5) is 38.5. The number of carbonyl (C=O) groups is 3. The van der Waals surface area contributed by atoms with Crippen LogP contribution in [0.2, 0.25) is 0 Å². The summed E-state index contributed by atoms with van der Waals surface area (Å²) in [6.07, 6.45) is 0. The molecule has 1 fully saturated rings. The molecule has 6 radical (unpaired) electrons. The van der Waals surface area contributed by atoms with Crippen LogP contribution in [0, 0.1) is 49.7 Å². The van der Waals surface area contributed by atoms with Crippen molar-refractivity contribution in [2.45, 2.75) is 20.8 Å². The topological polar surface area (TPSA) is 142 Å². The van der Waals surface area contributed by atoms with Crippen molar-refractivity contribution in [3.05, 3.63) is 49.7 Å². The van der Waals surface area contributed by atoms with Crippen LogP contribution < -0.4 is 0 Å². The van der Waals surface area contributed by atoms with Crippen molar-refractivity contribution in [1.82, 2.24) is 4.90 Å². The molecule has 1 rings (SSSR count). The van der Waals surface area contributed by atoms with Gasteiger partial charge in [-0.2, -0.15) is 0 Å². The first-order valence-electron chi connectivity index (χ1n) is 7.83. The fraction of sp³-hybridized carbons (Fsp3) is 0.421. The largest absolute Gasteiger partial charge is 0 e. The second-order valence-electron chi connectivity index (χ2n) is 4.75. The summed E-state index contributed by atoms with van der Waals surface area (Å²) in [7, 11) is 3.68. The molecule has 0 amide bonds. The summed E-state index contributed by atoms with van der Waals surface area (Å²) in [6, 6.07) is 0.339. The van der Waals surface area contributed by atoms with E-state index in [0.29, 0.717) is 25.0 Å². The molecule has 0 aromatic carbocycles. The molecule has 0 heterocycles. The van der Waals surface area contributed by atoms with Crippen LogP contribution in [0.25, 0.3) is 0 Å². The van der Waals surface area contributed by atoms with E-state index in [-0.39, 0.29) is 38.2 Å². The van der Waals surface area contributed by atoms with E-state index < -0.39 is 17.9 Å². The molecule has 0 unspecified atom stereocenters. The van der Waals surface area contributed by atoms with Gasteiger partial charge in [-0.3, -0.25) is 19.3 Å². The maximum atomic E-state index is 12.3. The van der Waals surface area contributed by atoms with Crippen LogP contribution in [-0.4, -0.2) is 57.2 Å². The molecular weight excluding hydrogens is 572 g/mol. The number of nitrogens with zero attached hydrogens (tertiary/aromatic N) is 1. The molecule has 0 bridgehead atoms. The van der Waals surface area contributed by atoms with Gasteiger partial charge in [-0.1, -0.05) is 20.8 Å². The summed E-state index contributed by atoms with van der Waals surface area (Å²) < 4.78 is 36.9. The monoisotopic (exact) mass is 595 g/mol. The van der Waals surface area contributed by atoms with Crippen molar-refractivity contribution in [2.24, 2.45) is 0 Å². The van der Waals surface area contributed by atoms with Gasteiger partial charge in [0.2, 0.25) is 0 Å². The molecule has 0 spiro atoms. The molecule has 0 atom stereocenters. The van der Waals surface area contributed by atoms with Crippen LogP contribution in [-0.2, 0) is 63.0 Å². The van der Waals surface area contributed by atoms with E-state index in [1.54, 1.807) is 11.8 Å². The van der Waals surface area contributed by atoms with Crippen LogP contribution in [0.15, 0.2) is 0 Å². The summed E-state index contributed by atoms with van der Waals surface area (Å²) in [5.74, 6) is -1.45. The number of esters is 3. The van der Waals surface area contributed by atoms with Gasteiger partial charge in [0.1, 0.15) is 17.8 Å². The van der Waals surface area contributed by atoms with Crippen molar-refractivity contribution < 1.29 is 63.0 Å². The SMILES string of the molecule is CCN(CC)[C]1[C](C(=O)OC)[C](C)[C](C(=O)OC)[C]1C(=O)OC.[C-]#[O+].[C-]#[O+].[C-]#[O+].[Re]. The van der Waals surface area contributed by atoms with E-state index in [1.807, 2.05) is 13.8 Å². The van der Waals surface area contributed by atoms with Crippen molar-refractivity contribution in [3.8, 4) is 0 Å². The minimum atomic E-state index is -0.703. The molecule has 0 aromatic rings. The predicted octanol–water partition coefficient (Wildman–Crippen LogP) is 0.596. The fourth-order valence-corrected chi connectivity index (χ4v) is 2.60. The molecule has 11 heteroatoms. The van der Waals surface area contributed by atoms with E-state index in [9.17, 15) is 14.4 Å². The van der Waals surface area contributed by atoms with Crippen LogP contribution >= 0.6 is 0 Å². The molecule has 0 aromatic heterocycles. The average Bonchev–Trinajstić information content (AvgIpc) is 3.09. The first kappa shape index (κ1) is 35.7. The Morgan fingerprint density at radius 3 is 1.33 bits per heavy atom. The Balaban J connectivity index is -0.000000441. The second-order valence-corrected chi connectivity index (χ2v) is 4.75. The van der Waals surface area contributed by atoms with Gasteiger partial charge in [-0.15, -0.1) is 0 Å². The standard InChI is InChI=1S/C16H22NO6.3CO.Re/c1-7-17(8-2)13-11(15(19)22-5)9(3)10(14(18)21-4)12(13)16(20)23-6;3*1-2;/h7-8H2,1-6H3;;;;. The molecular formula is C19H22NO9Re. The van der Waals surface area contributed by atoms with Gasteiger partial charge in [0.15, 0.2) is 0 Å². The molecule has 0 saturated heterocycles. The maximum Gasteiger partial charge on any atom is 0 e. The minimum absolute atomic E-state index is 0. The quantitative estimate of drug-likeness (QED) is 0.190. The number of methoxy groups -OCH3 is 3. The Morgan fingerprint density at radius 1 is 0.733 bits per heavy atom. The van der Waals surface area contributed by atoms with E-state index in [0.717, 1.165) is 0 Å². The average molecular weight is 595 g/mol. The molecule has 164 valence electrons. The van der Waals surface area contributed by atoms with Crippen molar-refractivity contribution in [3.63, 3.8) is 0 Å². The Morgan fingerprint density at radius 2 is 1.03 bits per heavy atom. The third-order valence-electron chi connectivity index (χ3n) is 3.72. The normalized spacial score (nSPS) is 14.3. The van der Waals surface area contributed by atoms with Crippen molar-refractivity contribution in [1.29, 1.82) is 0 Å². The Bertz CT molecular complexity index is 558. The molecule has 1 aliphatic rings. The zero-order valence-corrected chi connectivity index (χ0v) is 20.1. The van der Waals surface area contributed by atoms with Gasteiger partial charge in [-0.25, -0.2) is 0 Å². The van der Waals surface area contributed by atoms with E-state index in [1.165, 1.54) is 21.3 Å². The van der Waals surface area contributed by atoms with Gasteiger partial charge in [0.25, 0.3) is 0 Å². The van der Waals surface area contributed by atoms with Gasteiger partial charge in [0.05, 0.1) is 27.4 Å². The first-order valence-corrected chi connectivity index (χ1v) is 7.83.